The number of carboxylic acid groups (broad SMARTS) is 1. The number of ether oxygens (including phenoxy) is 1. The monoisotopic (exact) mass is 349 g/mol. The van der Waals surface area contributed by atoms with Gasteiger partial charge in [0.05, 0.1) is 17.9 Å². The zero-order valence-corrected chi connectivity index (χ0v) is 13.3. The van der Waals surface area contributed by atoms with Gasteiger partial charge in [-0.05, 0) is 25.7 Å². The molecule has 1 aliphatic carbocycles. The first-order valence-electron chi connectivity index (χ1n) is 8.40. The summed E-state index contributed by atoms with van der Waals surface area (Å²) in [5.74, 6) is -3.63. The van der Waals surface area contributed by atoms with Gasteiger partial charge in [-0.2, -0.15) is 13.2 Å². The lowest BCUT2D eigenvalue weighted by atomic mass is 9.74. The first-order chi connectivity index (χ1) is 11.2. The predicted octanol–water partition coefficient (Wildman–Crippen LogP) is 2.30. The number of likely N-dealkylation sites (tertiary alicyclic amines) is 1. The average molecular weight is 349 g/mol. The van der Waals surface area contributed by atoms with Crippen molar-refractivity contribution in [3.8, 4) is 0 Å². The number of aliphatic carboxylic acids is 1. The molecule has 4 atom stereocenters. The summed E-state index contributed by atoms with van der Waals surface area (Å²) in [7, 11) is 0. The normalized spacial score (nSPS) is 37.1. The van der Waals surface area contributed by atoms with Crippen molar-refractivity contribution < 1.29 is 32.6 Å². The van der Waals surface area contributed by atoms with E-state index in [4.69, 9.17) is 4.74 Å². The van der Waals surface area contributed by atoms with Crippen LogP contribution in [-0.4, -0.2) is 54.4 Å². The number of carboxylic acids is 1. The Hall–Kier alpha value is -1.31. The molecule has 3 rings (SSSR count). The Morgan fingerprint density at radius 3 is 2.62 bits per heavy atom. The predicted molar refractivity (Wildman–Crippen MR) is 77.1 cm³/mol. The van der Waals surface area contributed by atoms with Gasteiger partial charge in [0.15, 0.2) is 0 Å². The van der Waals surface area contributed by atoms with Crippen LogP contribution in [0.1, 0.15) is 32.1 Å². The largest absolute Gasteiger partial charge is 0.481 e. The molecule has 3 aliphatic rings. The van der Waals surface area contributed by atoms with Gasteiger partial charge in [0.1, 0.15) is 0 Å². The Morgan fingerprint density at radius 2 is 2.00 bits per heavy atom. The van der Waals surface area contributed by atoms with Crippen molar-refractivity contribution in [2.45, 2.75) is 38.3 Å². The molecule has 24 heavy (non-hydrogen) atoms. The minimum atomic E-state index is -4.27. The van der Waals surface area contributed by atoms with Crippen LogP contribution in [0.5, 0.6) is 0 Å². The first-order valence-corrected chi connectivity index (χ1v) is 8.40. The molecule has 1 N–H and O–H groups in total. The van der Waals surface area contributed by atoms with Crippen LogP contribution in [0.15, 0.2) is 0 Å². The maximum absolute atomic E-state index is 12.9. The minimum absolute atomic E-state index is 0.0722. The van der Waals surface area contributed by atoms with Crippen molar-refractivity contribution in [3.05, 3.63) is 0 Å². The quantitative estimate of drug-likeness (QED) is 0.831. The van der Waals surface area contributed by atoms with Gasteiger partial charge in [0.25, 0.3) is 0 Å². The number of carbonyl (C=O) groups excluding carboxylic acids is 1. The van der Waals surface area contributed by atoms with E-state index in [0.29, 0.717) is 25.9 Å². The fourth-order valence-electron chi connectivity index (χ4n) is 4.44. The molecule has 2 unspecified atom stereocenters. The number of fused-ring (bicyclic) bond motifs is 1. The molecule has 2 saturated heterocycles. The first kappa shape index (κ1) is 17.5. The highest BCUT2D eigenvalue weighted by atomic mass is 19.4. The van der Waals surface area contributed by atoms with Crippen molar-refractivity contribution >= 4 is 11.9 Å². The average Bonchev–Trinajstić information content (AvgIpc) is 2.94. The number of nitrogens with zero attached hydrogens (tertiary/aromatic N) is 1. The van der Waals surface area contributed by atoms with Crippen LogP contribution in [0.2, 0.25) is 0 Å². The second-order valence-corrected chi connectivity index (χ2v) is 7.30. The number of hydrogen-bond acceptors (Lipinski definition) is 3. The smallest absolute Gasteiger partial charge is 0.391 e. The Labute approximate surface area is 138 Å². The van der Waals surface area contributed by atoms with Gasteiger partial charge in [-0.25, -0.2) is 0 Å². The van der Waals surface area contributed by atoms with Gasteiger partial charge < -0.3 is 14.7 Å². The van der Waals surface area contributed by atoms with Gasteiger partial charge in [0.2, 0.25) is 5.91 Å². The molecule has 0 aromatic carbocycles. The molecule has 0 spiro atoms. The maximum atomic E-state index is 12.9. The Bertz CT molecular complexity index is 524. The molecule has 0 bridgehead atoms. The fourth-order valence-corrected chi connectivity index (χ4v) is 4.44. The molecule has 2 heterocycles. The molecule has 0 aromatic heterocycles. The number of alkyl halides is 3. The Morgan fingerprint density at radius 1 is 1.25 bits per heavy atom. The van der Waals surface area contributed by atoms with Crippen molar-refractivity contribution in [1.29, 1.82) is 0 Å². The molecular formula is C16H22F3NO4. The van der Waals surface area contributed by atoms with Crippen molar-refractivity contribution in [1.82, 2.24) is 4.90 Å². The van der Waals surface area contributed by atoms with Gasteiger partial charge in [-0.15, -0.1) is 0 Å². The van der Waals surface area contributed by atoms with E-state index in [9.17, 15) is 27.9 Å². The molecule has 2 aliphatic heterocycles. The highest BCUT2D eigenvalue weighted by Crippen LogP contribution is 2.45. The lowest BCUT2D eigenvalue weighted by Gasteiger charge is -2.34. The highest BCUT2D eigenvalue weighted by Gasteiger charge is 2.55. The third-order valence-electron chi connectivity index (χ3n) is 5.93. The number of carbonyl (C=O) groups is 2. The summed E-state index contributed by atoms with van der Waals surface area (Å²) in [6, 6.07) is 0. The standard InChI is InChI=1S/C16H22F3NO4/c17-16(18,19)11-3-1-2-10(6-11)13(21)20-7-12-8-24-5-4-15(12,9-20)14(22)23/h10-12H,1-9H2,(H,22,23)/t10?,11?,12-,15+/m0/s1. The number of hydrogen-bond donors (Lipinski definition) is 1. The summed E-state index contributed by atoms with van der Waals surface area (Å²) in [6.07, 6.45) is -3.21. The summed E-state index contributed by atoms with van der Waals surface area (Å²) in [4.78, 5) is 25.9. The van der Waals surface area contributed by atoms with Crippen LogP contribution >= 0.6 is 0 Å². The second-order valence-electron chi connectivity index (χ2n) is 7.30. The molecule has 0 aromatic rings. The summed E-state index contributed by atoms with van der Waals surface area (Å²) >= 11 is 0. The van der Waals surface area contributed by atoms with E-state index in [-0.39, 0.29) is 44.4 Å². The lowest BCUT2D eigenvalue weighted by molar-refractivity contribution is -0.187. The third kappa shape index (κ3) is 3.00. The summed E-state index contributed by atoms with van der Waals surface area (Å²) < 4.78 is 44.2. The fraction of sp³-hybridized carbons (Fsp3) is 0.875. The Kier molecular flexibility index (Phi) is 4.53. The Balaban J connectivity index is 1.71. The lowest BCUT2D eigenvalue weighted by Crippen LogP contribution is -2.45. The minimum Gasteiger partial charge on any atom is -0.481 e. The van der Waals surface area contributed by atoms with E-state index < -0.39 is 29.4 Å². The van der Waals surface area contributed by atoms with Crippen LogP contribution < -0.4 is 0 Å². The molecule has 5 nitrogen and oxygen atoms in total. The molecule has 1 amide bonds. The molecule has 1 saturated carbocycles. The zero-order chi connectivity index (χ0) is 17.5. The topological polar surface area (TPSA) is 66.8 Å². The van der Waals surface area contributed by atoms with Gasteiger partial charge in [-0.1, -0.05) is 6.42 Å². The molecular weight excluding hydrogens is 327 g/mol. The SMILES string of the molecule is O=C(C1CCCC(C(F)(F)F)C1)N1C[C@H]2COCC[C@@]2(C(=O)O)C1. The van der Waals surface area contributed by atoms with E-state index in [1.54, 1.807) is 0 Å². The van der Waals surface area contributed by atoms with Crippen molar-refractivity contribution in [2.24, 2.45) is 23.2 Å². The van der Waals surface area contributed by atoms with E-state index in [1.807, 2.05) is 0 Å². The zero-order valence-electron chi connectivity index (χ0n) is 13.3. The molecule has 8 heteroatoms. The maximum Gasteiger partial charge on any atom is 0.391 e. The summed E-state index contributed by atoms with van der Waals surface area (Å²) in [6.45, 7) is 0.969. The van der Waals surface area contributed by atoms with E-state index in [1.165, 1.54) is 4.90 Å². The second kappa shape index (κ2) is 6.20. The van der Waals surface area contributed by atoms with Crippen LogP contribution in [0.3, 0.4) is 0 Å². The van der Waals surface area contributed by atoms with E-state index in [2.05, 4.69) is 0 Å². The van der Waals surface area contributed by atoms with Crippen LogP contribution in [0.25, 0.3) is 0 Å². The summed E-state index contributed by atoms with van der Waals surface area (Å²) in [5, 5.41) is 9.62. The highest BCUT2D eigenvalue weighted by molar-refractivity contribution is 5.82. The van der Waals surface area contributed by atoms with Gasteiger partial charge in [0, 0.05) is 31.5 Å². The molecule has 0 radical (unpaired) electrons. The van der Waals surface area contributed by atoms with E-state index >= 15 is 0 Å². The molecule has 3 fully saturated rings. The third-order valence-corrected chi connectivity index (χ3v) is 5.93. The van der Waals surface area contributed by atoms with Crippen LogP contribution in [-0.2, 0) is 14.3 Å². The van der Waals surface area contributed by atoms with Crippen LogP contribution in [0, 0.1) is 23.2 Å². The van der Waals surface area contributed by atoms with Crippen molar-refractivity contribution in [2.75, 3.05) is 26.3 Å². The molecule has 136 valence electrons. The van der Waals surface area contributed by atoms with Gasteiger partial charge in [-0.3, -0.25) is 9.59 Å². The number of halogens is 3. The van der Waals surface area contributed by atoms with Crippen molar-refractivity contribution in [3.63, 3.8) is 0 Å². The summed E-state index contributed by atoms with van der Waals surface area (Å²) in [5.41, 5.74) is -1.01. The number of amides is 1. The van der Waals surface area contributed by atoms with E-state index in [0.717, 1.165) is 0 Å². The number of rotatable bonds is 2. The van der Waals surface area contributed by atoms with Crippen LogP contribution in [0.4, 0.5) is 13.2 Å². The van der Waals surface area contributed by atoms with Gasteiger partial charge >= 0.3 is 12.1 Å².